The summed E-state index contributed by atoms with van der Waals surface area (Å²) >= 11 is 0. The summed E-state index contributed by atoms with van der Waals surface area (Å²) in [7, 11) is 2.07. The molecule has 0 saturated heterocycles. The van der Waals surface area contributed by atoms with Gasteiger partial charge in [-0.25, -0.2) is 14.5 Å². The maximum Gasteiger partial charge on any atom is 0.238 e. The Labute approximate surface area is 164 Å². The number of nitrogens with two attached hydrogens (primary N) is 1. The summed E-state index contributed by atoms with van der Waals surface area (Å²) < 4.78 is 1.70. The van der Waals surface area contributed by atoms with E-state index in [0.29, 0.717) is 0 Å². The lowest BCUT2D eigenvalue weighted by Crippen LogP contribution is -2.26. The number of hydrogen-bond acceptors (Lipinski definition) is 6. The molecule has 28 heavy (non-hydrogen) atoms. The molecule has 5 rings (SSSR count). The average molecular weight is 375 g/mol. The maximum atomic E-state index is 5.58. The van der Waals surface area contributed by atoms with E-state index < -0.39 is 0 Å². The molecule has 3 N–H and O–H groups in total. The van der Waals surface area contributed by atoms with Gasteiger partial charge in [0.05, 0.1) is 28.4 Å². The Balaban J connectivity index is 0.000000203. The SMILES string of the molecule is CNC1CCCCC1.Nc1ncc2c(-c3ccc4ncccc4n3)ccn2n1. The Kier molecular flexibility index (Phi) is 5.43. The van der Waals surface area contributed by atoms with E-state index in [9.17, 15) is 0 Å². The molecule has 0 aliphatic heterocycles. The molecule has 4 heterocycles. The molecule has 144 valence electrons. The summed E-state index contributed by atoms with van der Waals surface area (Å²) in [5.41, 5.74) is 10.0. The number of pyridine rings is 2. The van der Waals surface area contributed by atoms with Crippen LogP contribution < -0.4 is 11.1 Å². The summed E-state index contributed by atoms with van der Waals surface area (Å²) in [6, 6.07) is 10.5. The molecule has 1 saturated carbocycles. The van der Waals surface area contributed by atoms with Gasteiger partial charge in [-0.15, -0.1) is 5.10 Å². The van der Waals surface area contributed by atoms with Gasteiger partial charge in [-0.1, -0.05) is 19.3 Å². The van der Waals surface area contributed by atoms with Gasteiger partial charge in [0.15, 0.2) is 0 Å². The van der Waals surface area contributed by atoms with Crippen molar-refractivity contribution in [1.82, 2.24) is 29.9 Å². The zero-order valence-electron chi connectivity index (χ0n) is 16.0. The van der Waals surface area contributed by atoms with Crippen molar-refractivity contribution in [1.29, 1.82) is 0 Å². The van der Waals surface area contributed by atoms with Crippen molar-refractivity contribution >= 4 is 22.5 Å². The second kappa shape index (κ2) is 8.31. The van der Waals surface area contributed by atoms with Gasteiger partial charge in [0.1, 0.15) is 0 Å². The van der Waals surface area contributed by atoms with Crippen LogP contribution in [0, 0.1) is 0 Å². The zero-order chi connectivity index (χ0) is 19.3. The van der Waals surface area contributed by atoms with Gasteiger partial charge in [0, 0.05) is 24.0 Å². The van der Waals surface area contributed by atoms with Crippen LogP contribution in [-0.2, 0) is 0 Å². The van der Waals surface area contributed by atoms with E-state index in [0.717, 1.165) is 33.8 Å². The summed E-state index contributed by atoms with van der Waals surface area (Å²) in [6.07, 6.45) is 12.4. The summed E-state index contributed by atoms with van der Waals surface area (Å²) in [4.78, 5) is 12.9. The predicted octanol–water partition coefficient (Wildman–Crippen LogP) is 3.46. The third-order valence-electron chi connectivity index (χ3n) is 5.18. The molecule has 0 radical (unpaired) electrons. The van der Waals surface area contributed by atoms with Crippen molar-refractivity contribution < 1.29 is 0 Å². The van der Waals surface area contributed by atoms with E-state index in [4.69, 9.17) is 5.73 Å². The van der Waals surface area contributed by atoms with Crippen molar-refractivity contribution in [2.45, 2.75) is 38.1 Å². The van der Waals surface area contributed by atoms with E-state index >= 15 is 0 Å². The largest absolute Gasteiger partial charge is 0.367 e. The standard InChI is InChI=1S/C14H10N6.C7H15N/c15-14-17-8-13-9(5-7-20(13)19-14)10-3-4-11-12(18-10)2-1-6-16-11;1-8-7-5-3-2-4-6-7/h1-8H,(H2,15,19);7-8H,2-6H2,1H3. The van der Waals surface area contributed by atoms with Crippen LogP contribution in [0.25, 0.3) is 27.8 Å². The normalized spacial score (nSPS) is 14.8. The fraction of sp³-hybridized carbons (Fsp3) is 0.333. The number of nitrogen functional groups attached to an aromatic ring is 1. The van der Waals surface area contributed by atoms with Crippen LogP contribution in [0.2, 0.25) is 0 Å². The predicted molar refractivity (Wildman–Crippen MR) is 112 cm³/mol. The van der Waals surface area contributed by atoms with E-state index in [1.54, 1.807) is 16.9 Å². The van der Waals surface area contributed by atoms with Crippen LogP contribution in [0.3, 0.4) is 0 Å². The van der Waals surface area contributed by atoms with Crippen molar-refractivity contribution in [3.05, 3.63) is 48.9 Å². The average Bonchev–Trinajstić information content (AvgIpc) is 3.17. The molecule has 4 aromatic rings. The Hall–Kier alpha value is -3.06. The van der Waals surface area contributed by atoms with Gasteiger partial charge < -0.3 is 11.1 Å². The maximum absolute atomic E-state index is 5.58. The van der Waals surface area contributed by atoms with Gasteiger partial charge in [0.2, 0.25) is 5.95 Å². The van der Waals surface area contributed by atoms with Gasteiger partial charge in [-0.3, -0.25) is 4.98 Å². The smallest absolute Gasteiger partial charge is 0.238 e. The molecule has 1 fully saturated rings. The van der Waals surface area contributed by atoms with Gasteiger partial charge in [0.25, 0.3) is 0 Å². The molecule has 7 nitrogen and oxygen atoms in total. The van der Waals surface area contributed by atoms with E-state index in [1.165, 1.54) is 32.1 Å². The van der Waals surface area contributed by atoms with Crippen LogP contribution in [0.4, 0.5) is 5.95 Å². The Morgan fingerprint density at radius 3 is 2.68 bits per heavy atom. The van der Waals surface area contributed by atoms with Crippen molar-refractivity contribution in [3.8, 4) is 11.3 Å². The molecule has 0 aromatic carbocycles. The van der Waals surface area contributed by atoms with E-state index in [2.05, 4.69) is 32.4 Å². The van der Waals surface area contributed by atoms with Crippen molar-refractivity contribution in [3.63, 3.8) is 0 Å². The molecule has 4 aromatic heterocycles. The van der Waals surface area contributed by atoms with Gasteiger partial charge in [-0.2, -0.15) is 0 Å². The highest BCUT2D eigenvalue weighted by atomic mass is 15.3. The van der Waals surface area contributed by atoms with Crippen LogP contribution in [0.5, 0.6) is 0 Å². The zero-order valence-corrected chi connectivity index (χ0v) is 16.0. The molecule has 0 unspecified atom stereocenters. The molecular formula is C21H25N7. The molecule has 7 heteroatoms. The third-order valence-corrected chi connectivity index (χ3v) is 5.18. The monoisotopic (exact) mass is 375 g/mol. The number of anilines is 1. The van der Waals surface area contributed by atoms with E-state index in [1.807, 2.05) is 36.5 Å². The van der Waals surface area contributed by atoms with Crippen LogP contribution >= 0.6 is 0 Å². The number of fused-ring (bicyclic) bond motifs is 2. The fourth-order valence-electron chi connectivity index (χ4n) is 3.63. The minimum atomic E-state index is 0.246. The fourth-order valence-corrected chi connectivity index (χ4v) is 3.63. The molecular weight excluding hydrogens is 350 g/mol. The summed E-state index contributed by atoms with van der Waals surface area (Å²) in [6.45, 7) is 0. The van der Waals surface area contributed by atoms with Gasteiger partial charge >= 0.3 is 0 Å². The first-order chi connectivity index (χ1) is 13.7. The molecule has 0 spiro atoms. The number of nitrogens with one attached hydrogen (secondary N) is 1. The Morgan fingerprint density at radius 2 is 1.89 bits per heavy atom. The second-order valence-electron chi connectivity index (χ2n) is 7.04. The minimum Gasteiger partial charge on any atom is -0.367 e. The Bertz CT molecular complexity index is 1070. The lowest BCUT2D eigenvalue weighted by Gasteiger charge is -2.20. The minimum absolute atomic E-state index is 0.246. The summed E-state index contributed by atoms with van der Waals surface area (Å²) in [5, 5.41) is 7.43. The first kappa shape index (κ1) is 18.3. The summed E-state index contributed by atoms with van der Waals surface area (Å²) in [5.74, 6) is 0.246. The molecule has 1 aliphatic carbocycles. The van der Waals surface area contributed by atoms with Crippen LogP contribution in [-0.4, -0.2) is 37.7 Å². The second-order valence-corrected chi connectivity index (χ2v) is 7.04. The van der Waals surface area contributed by atoms with E-state index in [-0.39, 0.29) is 5.95 Å². The topological polar surface area (TPSA) is 94.0 Å². The number of nitrogens with zero attached hydrogens (tertiary/aromatic N) is 5. The van der Waals surface area contributed by atoms with Gasteiger partial charge in [-0.05, 0) is 50.2 Å². The Morgan fingerprint density at radius 1 is 1.04 bits per heavy atom. The third kappa shape index (κ3) is 3.94. The number of aromatic nitrogens is 5. The number of hydrogen-bond donors (Lipinski definition) is 2. The van der Waals surface area contributed by atoms with Crippen molar-refractivity contribution in [2.75, 3.05) is 12.8 Å². The lowest BCUT2D eigenvalue weighted by atomic mass is 9.96. The molecule has 0 bridgehead atoms. The first-order valence-electron chi connectivity index (χ1n) is 9.74. The number of rotatable bonds is 2. The van der Waals surface area contributed by atoms with Crippen LogP contribution in [0.15, 0.2) is 48.9 Å². The highest BCUT2D eigenvalue weighted by Gasteiger charge is 2.10. The molecule has 0 amide bonds. The molecule has 1 aliphatic rings. The van der Waals surface area contributed by atoms with Crippen LogP contribution in [0.1, 0.15) is 32.1 Å². The lowest BCUT2D eigenvalue weighted by molar-refractivity contribution is 0.394. The highest BCUT2D eigenvalue weighted by Crippen LogP contribution is 2.25. The quantitative estimate of drug-likeness (QED) is 0.557. The van der Waals surface area contributed by atoms with Crippen molar-refractivity contribution in [2.24, 2.45) is 0 Å². The highest BCUT2D eigenvalue weighted by molar-refractivity contribution is 5.83. The first-order valence-corrected chi connectivity index (χ1v) is 9.74. The molecule has 0 atom stereocenters.